The number of hydrogen-bond donors (Lipinski definition) is 1. The van der Waals surface area contributed by atoms with Crippen LogP contribution in [0.1, 0.15) is 41.5 Å². The molecule has 10 heteroatoms. The van der Waals surface area contributed by atoms with Crippen LogP contribution < -0.4 is 5.32 Å². The molecule has 0 radical (unpaired) electrons. The van der Waals surface area contributed by atoms with Crippen molar-refractivity contribution in [1.29, 1.82) is 0 Å². The number of carbonyl (C=O) groups excluding carboxylic acids is 1. The van der Waals surface area contributed by atoms with Gasteiger partial charge >= 0.3 is 6.18 Å². The number of fused-ring (bicyclic) bond motifs is 2. The van der Waals surface area contributed by atoms with E-state index in [4.69, 9.17) is 0 Å². The molecule has 3 aromatic heterocycles. The van der Waals surface area contributed by atoms with Gasteiger partial charge < -0.3 is 10.2 Å². The molecule has 4 atom stereocenters. The summed E-state index contributed by atoms with van der Waals surface area (Å²) in [4.78, 5) is 32.7. The number of alkyl halides is 3. The molecule has 1 N–H and O–H groups in total. The Morgan fingerprint density at radius 1 is 1.09 bits per heavy atom. The lowest BCUT2D eigenvalue weighted by atomic mass is 9.97. The van der Waals surface area contributed by atoms with Crippen molar-refractivity contribution >= 4 is 11.7 Å². The molecule has 2 bridgehead atoms. The average Bonchev–Trinajstić information content (AvgIpc) is 3.36. The van der Waals surface area contributed by atoms with Gasteiger partial charge in [0.2, 0.25) is 0 Å². The van der Waals surface area contributed by atoms with E-state index in [-0.39, 0.29) is 30.0 Å². The Labute approximate surface area is 194 Å². The standard InChI is InChI=1S/C24H23F3N6O/c1-13-4-6-17(22-28-8-3-9-29-22)21(31-13)23(34)33-14(2)15-10-18(19(33)11-15)32-20-7-5-16(12-30-20)24(25,26)27/h3-9,12,14-15,18-19H,10-11H2,1-2H3,(H,30,32). The molecule has 176 valence electrons. The number of carbonyl (C=O) groups is 1. The molecule has 0 aromatic carbocycles. The normalized spacial score (nSPS) is 23.9. The third-order valence-corrected chi connectivity index (χ3v) is 6.75. The first-order valence-corrected chi connectivity index (χ1v) is 11.1. The lowest BCUT2D eigenvalue weighted by Gasteiger charge is -2.38. The minimum absolute atomic E-state index is 0.0166. The van der Waals surface area contributed by atoms with Crippen molar-refractivity contribution in [2.45, 2.75) is 51.0 Å². The van der Waals surface area contributed by atoms with Crippen LogP contribution in [0.15, 0.2) is 48.9 Å². The third kappa shape index (κ3) is 3.97. The van der Waals surface area contributed by atoms with Crippen LogP contribution in [0.25, 0.3) is 11.4 Å². The van der Waals surface area contributed by atoms with Gasteiger partial charge in [-0.3, -0.25) is 4.79 Å². The number of aromatic nitrogens is 4. The summed E-state index contributed by atoms with van der Waals surface area (Å²) < 4.78 is 38.6. The van der Waals surface area contributed by atoms with Crippen LogP contribution in [-0.4, -0.2) is 48.9 Å². The van der Waals surface area contributed by atoms with E-state index < -0.39 is 11.7 Å². The average molecular weight is 468 g/mol. The number of likely N-dealkylation sites (tertiary alicyclic amines) is 1. The zero-order chi connectivity index (χ0) is 24.0. The molecule has 1 aliphatic heterocycles. The monoisotopic (exact) mass is 468 g/mol. The molecule has 5 rings (SSSR count). The quantitative estimate of drug-likeness (QED) is 0.613. The maximum atomic E-state index is 13.8. The van der Waals surface area contributed by atoms with Crippen molar-refractivity contribution in [3.8, 4) is 11.4 Å². The van der Waals surface area contributed by atoms with E-state index in [0.717, 1.165) is 25.1 Å². The van der Waals surface area contributed by atoms with Gasteiger partial charge in [-0.15, -0.1) is 0 Å². The summed E-state index contributed by atoms with van der Waals surface area (Å²) in [6.07, 6.45) is 1.26. The minimum Gasteiger partial charge on any atom is -0.365 e. The van der Waals surface area contributed by atoms with Gasteiger partial charge in [-0.2, -0.15) is 13.2 Å². The van der Waals surface area contributed by atoms with E-state index in [1.54, 1.807) is 18.5 Å². The zero-order valence-corrected chi connectivity index (χ0v) is 18.6. The number of hydrogen-bond acceptors (Lipinski definition) is 6. The smallest absolute Gasteiger partial charge is 0.365 e. The third-order valence-electron chi connectivity index (χ3n) is 6.75. The van der Waals surface area contributed by atoms with Gasteiger partial charge in [0, 0.05) is 36.4 Å². The fraction of sp³-hybridized carbons (Fsp3) is 0.375. The van der Waals surface area contributed by atoms with Gasteiger partial charge in [-0.1, -0.05) is 0 Å². The van der Waals surface area contributed by atoms with Gasteiger partial charge in [0.1, 0.15) is 11.5 Å². The van der Waals surface area contributed by atoms with Crippen LogP contribution in [0.5, 0.6) is 0 Å². The van der Waals surface area contributed by atoms with Crippen molar-refractivity contribution in [3.63, 3.8) is 0 Å². The maximum Gasteiger partial charge on any atom is 0.417 e. The minimum atomic E-state index is -4.43. The van der Waals surface area contributed by atoms with Crippen LogP contribution >= 0.6 is 0 Å². The first-order valence-electron chi connectivity index (χ1n) is 11.1. The van der Waals surface area contributed by atoms with E-state index in [2.05, 4.69) is 25.3 Å². The number of amides is 1. The Balaban J connectivity index is 1.41. The number of aryl methyl sites for hydroxylation is 1. The van der Waals surface area contributed by atoms with Crippen molar-refractivity contribution < 1.29 is 18.0 Å². The summed E-state index contributed by atoms with van der Waals surface area (Å²) in [6.45, 7) is 3.86. The molecular formula is C24H23F3N6O. The second kappa shape index (κ2) is 8.34. The molecule has 2 fully saturated rings. The Morgan fingerprint density at radius 2 is 1.85 bits per heavy atom. The van der Waals surface area contributed by atoms with Crippen LogP contribution in [0.4, 0.5) is 19.0 Å². The number of pyridine rings is 2. The topological polar surface area (TPSA) is 83.9 Å². The molecular weight excluding hydrogens is 445 g/mol. The predicted octanol–water partition coefficient (Wildman–Crippen LogP) is 4.36. The molecule has 3 aromatic rings. The SMILES string of the molecule is Cc1ccc(-c2ncccn2)c(C(=O)N2C(C)C3CC(Nc4ccc(C(F)(F)F)cn4)C2C3)n1. The highest BCUT2D eigenvalue weighted by Gasteiger charge is 2.52. The number of nitrogens with one attached hydrogen (secondary N) is 1. The predicted molar refractivity (Wildman–Crippen MR) is 119 cm³/mol. The summed E-state index contributed by atoms with van der Waals surface area (Å²) in [5, 5.41) is 3.25. The molecule has 34 heavy (non-hydrogen) atoms. The Hall–Kier alpha value is -3.56. The Bertz CT molecular complexity index is 1200. The van der Waals surface area contributed by atoms with Crippen LogP contribution in [0.2, 0.25) is 0 Å². The first kappa shape index (κ1) is 22.2. The highest BCUT2D eigenvalue weighted by atomic mass is 19.4. The van der Waals surface area contributed by atoms with Crippen LogP contribution in [-0.2, 0) is 6.18 Å². The molecule has 7 nitrogen and oxygen atoms in total. The van der Waals surface area contributed by atoms with Crippen LogP contribution in [0.3, 0.4) is 0 Å². The molecule has 4 heterocycles. The Morgan fingerprint density at radius 3 is 2.50 bits per heavy atom. The lowest BCUT2D eigenvalue weighted by Crippen LogP contribution is -2.52. The summed E-state index contributed by atoms with van der Waals surface area (Å²) >= 11 is 0. The molecule has 1 saturated heterocycles. The highest BCUT2D eigenvalue weighted by Crippen LogP contribution is 2.44. The largest absolute Gasteiger partial charge is 0.417 e. The van der Waals surface area contributed by atoms with Crippen molar-refractivity contribution in [2.24, 2.45) is 5.92 Å². The first-order chi connectivity index (χ1) is 16.2. The Kier molecular flexibility index (Phi) is 5.45. The fourth-order valence-corrected chi connectivity index (χ4v) is 5.07. The summed E-state index contributed by atoms with van der Waals surface area (Å²) in [5.41, 5.74) is 0.790. The number of anilines is 1. The fourth-order valence-electron chi connectivity index (χ4n) is 5.07. The van der Waals surface area contributed by atoms with E-state index in [0.29, 0.717) is 28.6 Å². The number of halogens is 3. The van der Waals surface area contributed by atoms with Crippen molar-refractivity contribution in [1.82, 2.24) is 24.8 Å². The second-order valence-corrected chi connectivity index (χ2v) is 8.85. The molecule has 1 aliphatic carbocycles. The summed E-state index contributed by atoms with van der Waals surface area (Å²) in [5.74, 6) is 0.872. The van der Waals surface area contributed by atoms with Crippen LogP contribution in [0, 0.1) is 12.8 Å². The van der Waals surface area contributed by atoms with E-state index >= 15 is 0 Å². The zero-order valence-electron chi connectivity index (χ0n) is 18.6. The van der Waals surface area contributed by atoms with Gasteiger partial charge in [-0.25, -0.2) is 19.9 Å². The van der Waals surface area contributed by atoms with Crippen molar-refractivity contribution in [2.75, 3.05) is 5.32 Å². The van der Waals surface area contributed by atoms with E-state index in [1.807, 2.05) is 30.9 Å². The summed E-state index contributed by atoms with van der Waals surface area (Å²) in [6, 6.07) is 7.46. The molecule has 2 aliphatic rings. The second-order valence-electron chi connectivity index (χ2n) is 8.85. The van der Waals surface area contributed by atoms with Crippen molar-refractivity contribution in [3.05, 3.63) is 65.9 Å². The number of piperidine rings is 1. The van der Waals surface area contributed by atoms with E-state index in [9.17, 15) is 18.0 Å². The number of nitrogens with zero attached hydrogens (tertiary/aromatic N) is 5. The lowest BCUT2D eigenvalue weighted by molar-refractivity contribution is -0.137. The van der Waals surface area contributed by atoms with Gasteiger partial charge in [-0.05, 0) is 62.9 Å². The van der Waals surface area contributed by atoms with E-state index in [1.165, 1.54) is 6.07 Å². The molecule has 1 amide bonds. The van der Waals surface area contributed by atoms with Gasteiger partial charge in [0.15, 0.2) is 5.82 Å². The maximum absolute atomic E-state index is 13.8. The van der Waals surface area contributed by atoms with Gasteiger partial charge in [0.25, 0.3) is 5.91 Å². The number of rotatable bonds is 4. The highest BCUT2D eigenvalue weighted by molar-refractivity contribution is 5.99. The van der Waals surface area contributed by atoms with Gasteiger partial charge in [0.05, 0.1) is 17.2 Å². The molecule has 0 spiro atoms. The molecule has 4 unspecified atom stereocenters. The summed E-state index contributed by atoms with van der Waals surface area (Å²) in [7, 11) is 0. The molecule has 1 saturated carbocycles.